The molecule has 0 unspecified atom stereocenters. The number of thiophene rings is 1. The Bertz CT molecular complexity index is 677. The summed E-state index contributed by atoms with van der Waals surface area (Å²) in [5.41, 5.74) is 0. The van der Waals surface area contributed by atoms with Crippen LogP contribution in [0.3, 0.4) is 0 Å². The lowest BCUT2D eigenvalue weighted by molar-refractivity contribution is -0.132. The van der Waals surface area contributed by atoms with E-state index in [4.69, 9.17) is 0 Å². The van der Waals surface area contributed by atoms with Gasteiger partial charge in [0.1, 0.15) is 0 Å². The number of aromatic nitrogens is 3. The first-order valence-electron chi connectivity index (χ1n) is 8.21. The molecular formula is C16H23N5OS2. The average molecular weight is 366 g/mol. The highest BCUT2D eigenvalue weighted by Gasteiger charge is 2.26. The Hall–Kier alpha value is -1.38. The van der Waals surface area contributed by atoms with Crippen LogP contribution in [0.15, 0.2) is 22.7 Å². The normalized spacial score (nSPS) is 17.2. The standard InChI is InChI=1S/C16H23N5OS2/c1-4-20-7-9-21(10-8-20)15(22)12(2)24-16-18-17-14(19(16)3)13-6-5-11-23-13/h5-6,11-12H,4,7-10H2,1-3H3/t12-/m1/s1. The molecule has 3 heterocycles. The molecule has 0 spiro atoms. The van der Waals surface area contributed by atoms with Crippen LogP contribution in [0.1, 0.15) is 13.8 Å². The lowest BCUT2D eigenvalue weighted by Crippen LogP contribution is -2.50. The van der Waals surface area contributed by atoms with E-state index in [0.717, 1.165) is 48.6 Å². The molecule has 0 aliphatic carbocycles. The van der Waals surface area contributed by atoms with Crippen LogP contribution in [-0.4, -0.2) is 68.4 Å². The third-order valence-electron chi connectivity index (χ3n) is 4.34. The average Bonchev–Trinajstić information content (AvgIpc) is 3.25. The van der Waals surface area contributed by atoms with E-state index in [9.17, 15) is 4.79 Å². The van der Waals surface area contributed by atoms with Crippen molar-refractivity contribution in [1.82, 2.24) is 24.6 Å². The van der Waals surface area contributed by atoms with Gasteiger partial charge in [0.15, 0.2) is 11.0 Å². The van der Waals surface area contributed by atoms with Crippen LogP contribution < -0.4 is 0 Å². The number of carbonyl (C=O) groups excluding carboxylic acids is 1. The van der Waals surface area contributed by atoms with Crippen molar-refractivity contribution in [3.05, 3.63) is 17.5 Å². The minimum absolute atomic E-state index is 0.155. The first-order chi connectivity index (χ1) is 11.6. The van der Waals surface area contributed by atoms with Crippen LogP contribution >= 0.6 is 23.1 Å². The van der Waals surface area contributed by atoms with Crippen LogP contribution in [0.25, 0.3) is 10.7 Å². The summed E-state index contributed by atoms with van der Waals surface area (Å²) < 4.78 is 1.97. The van der Waals surface area contributed by atoms with Crippen molar-refractivity contribution in [1.29, 1.82) is 0 Å². The molecule has 0 N–H and O–H groups in total. The minimum Gasteiger partial charge on any atom is -0.339 e. The largest absolute Gasteiger partial charge is 0.339 e. The van der Waals surface area contributed by atoms with Crippen LogP contribution in [0.4, 0.5) is 0 Å². The van der Waals surface area contributed by atoms with Gasteiger partial charge in [-0.2, -0.15) is 0 Å². The van der Waals surface area contributed by atoms with Gasteiger partial charge in [-0.05, 0) is 24.9 Å². The third kappa shape index (κ3) is 3.65. The number of amides is 1. The molecule has 1 amide bonds. The van der Waals surface area contributed by atoms with Gasteiger partial charge in [0.05, 0.1) is 10.1 Å². The first kappa shape index (κ1) is 17.4. The van der Waals surface area contributed by atoms with Crippen LogP contribution in [0.2, 0.25) is 0 Å². The number of thioether (sulfide) groups is 1. The summed E-state index contributed by atoms with van der Waals surface area (Å²) >= 11 is 3.13. The van der Waals surface area contributed by atoms with Crippen molar-refractivity contribution >= 4 is 29.0 Å². The van der Waals surface area contributed by atoms with E-state index in [0.29, 0.717) is 0 Å². The number of hydrogen-bond acceptors (Lipinski definition) is 6. The molecule has 2 aromatic heterocycles. The predicted molar refractivity (Wildman–Crippen MR) is 98.3 cm³/mol. The van der Waals surface area contributed by atoms with Crippen molar-refractivity contribution < 1.29 is 4.79 Å². The Morgan fingerprint density at radius 3 is 2.71 bits per heavy atom. The van der Waals surface area contributed by atoms with E-state index in [2.05, 4.69) is 22.0 Å². The molecule has 130 valence electrons. The van der Waals surface area contributed by atoms with E-state index in [1.54, 1.807) is 11.3 Å². The lowest BCUT2D eigenvalue weighted by Gasteiger charge is -2.35. The van der Waals surface area contributed by atoms with Crippen molar-refractivity contribution in [2.45, 2.75) is 24.3 Å². The summed E-state index contributed by atoms with van der Waals surface area (Å²) in [6.45, 7) is 8.73. The summed E-state index contributed by atoms with van der Waals surface area (Å²) in [7, 11) is 1.95. The Kier molecular flexibility index (Phi) is 5.57. The number of carbonyl (C=O) groups is 1. The molecule has 1 atom stereocenters. The molecule has 24 heavy (non-hydrogen) atoms. The molecule has 0 radical (unpaired) electrons. The van der Waals surface area contributed by atoms with Gasteiger partial charge in [0, 0.05) is 33.2 Å². The van der Waals surface area contributed by atoms with Gasteiger partial charge in [-0.25, -0.2) is 0 Å². The molecular weight excluding hydrogens is 342 g/mol. The monoisotopic (exact) mass is 365 g/mol. The fourth-order valence-electron chi connectivity index (χ4n) is 2.79. The molecule has 1 saturated heterocycles. The summed E-state index contributed by atoms with van der Waals surface area (Å²) in [6, 6.07) is 4.04. The predicted octanol–water partition coefficient (Wildman–Crippen LogP) is 2.19. The van der Waals surface area contributed by atoms with Gasteiger partial charge in [0.2, 0.25) is 5.91 Å². The van der Waals surface area contributed by atoms with Crippen LogP contribution in [-0.2, 0) is 11.8 Å². The summed E-state index contributed by atoms with van der Waals surface area (Å²) in [6.07, 6.45) is 0. The molecule has 1 aliphatic rings. The number of piperazine rings is 1. The van der Waals surface area contributed by atoms with E-state index in [1.807, 2.05) is 41.0 Å². The van der Waals surface area contributed by atoms with Crippen molar-refractivity contribution in [2.24, 2.45) is 7.05 Å². The van der Waals surface area contributed by atoms with E-state index in [-0.39, 0.29) is 11.2 Å². The summed E-state index contributed by atoms with van der Waals surface area (Å²) in [5, 5.41) is 11.2. The maximum atomic E-state index is 12.7. The van der Waals surface area contributed by atoms with Crippen LogP contribution in [0, 0.1) is 0 Å². The first-order valence-corrected chi connectivity index (χ1v) is 9.97. The second-order valence-electron chi connectivity index (χ2n) is 5.86. The second kappa shape index (κ2) is 7.67. The minimum atomic E-state index is -0.155. The van der Waals surface area contributed by atoms with Gasteiger partial charge in [-0.1, -0.05) is 24.8 Å². The Labute approximate surface area is 150 Å². The molecule has 0 saturated carbocycles. The number of rotatable bonds is 5. The van der Waals surface area contributed by atoms with E-state index in [1.165, 1.54) is 11.8 Å². The highest BCUT2D eigenvalue weighted by Crippen LogP contribution is 2.28. The number of nitrogens with zero attached hydrogens (tertiary/aromatic N) is 5. The smallest absolute Gasteiger partial charge is 0.235 e. The Morgan fingerprint density at radius 1 is 1.33 bits per heavy atom. The van der Waals surface area contributed by atoms with Crippen molar-refractivity contribution in [3.8, 4) is 10.7 Å². The molecule has 0 aromatic carbocycles. The van der Waals surface area contributed by atoms with Gasteiger partial charge in [0.25, 0.3) is 0 Å². The second-order valence-corrected chi connectivity index (χ2v) is 8.12. The molecule has 6 nitrogen and oxygen atoms in total. The number of hydrogen-bond donors (Lipinski definition) is 0. The van der Waals surface area contributed by atoms with Crippen LogP contribution in [0.5, 0.6) is 0 Å². The summed E-state index contributed by atoms with van der Waals surface area (Å²) in [5.74, 6) is 1.04. The van der Waals surface area contributed by atoms with Gasteiger partial charge < -0.3 is 14.4 Å². The van der Waals surface area contributed by atoms with Crippen molar-refractivity contribution in [3.63, 3.8) is 0 Å². The van der Waals surface area contributed by atoms with Gasteiger partial charge in [-0.3, -0.25) is 4.79 Å². The Morgan fingerprint density at radius 2 is 2.08 bits per heavy atom. The summed E-state index contributed by atoms with van der Waals surface area (Å²) in [4.78, 5) is 18.1. The van der Waals surface area contributed by atoms with E-state index >= 15 is 0 Å². The maximum absolute atomic E-state index is 12.7. The molecule has 2 aromatic rings. The molecule has 8 heteroatoms. The zero-order valence-corrected chi connectivity index (χ0v) is 15.9. The fourth-order valence-corrected chi connectivity index (χ4v) is 4.43. The molecule has 0 bridgehead atoms. The van der Waals surface area contributed by atoms with Crippen molar-refractivity contribution in [2.75, 3.05) is 32.7 Å². The Balaban J connectivity index is 1.63. The fraction of sp³-hybridized carbons (Fsp3) is 0.562. The van der Waals surface area contributed by atoms with E-state index < -0.39 is 0 Å². The number of likely N-dealkylation sites (N-methyl/N-ethyl adjacent to an activating group) is 1. The highest BCUT2D eigenvalue weighted by atomic mass is 32.2. The maximum Gasteiger partial charge on any atom is 0.235 e. The topological polar surface area (TPSA) is 54.3 Å². The zero-order chi connectivity index (χ0) is 17.1. The highest BCUT2D eigenvalue weighted by molar-refractivity contribution is 8.00. The quantitative estimate of drug-likeness (QED) is 0.760. The third-order valence-corrected chi connectivity index (χ3v) is 6.32. The SMILES string of the molecule is CCN1CCN(C(=O)[C@@H](C)Sc2nnc(-c3cccs3)n2C)CC1. The molecule has 1 fully saturated rings. The molecule has 1 aliphatic heterocycles. The lowest BCUT2D eigenvalue weighted by atomic mass is 10.3. The zero-order valence-electron chi connectivity index (χ0n) is 14.3. The van der Waals surface area contributed by atoms with Gasteiger partial charge in [-0.15, -0.1) is 21.5 Å². The van der Waals surface area contributed by atoms with Gasteiger partial charge >= 0.3 is 0 Å². The molecule has 3 rings (SSSR count).